The fourth-order valence-corrected chi connectivity index (χ4v) is 1.89. The molecular formula is C14H16N2O5. The van der Waals surface area contributed by atoms with Crippen LogP contribution in [0, 0.1) is 0 Å². The highest BCUT2D eigenvalue weighted by Crippen LogP contribution is 2.31. The minimum Gasteiger partial charge on any atom is -0.478 e. The summed E-state index contributed by atoms with van der Waals surface area (Å²) >= 11 is 0. The van der Waals surface area contributed by atoms with E-state index in [1.54, 1.807) is 20.8 Å². The molecule has 0 aliphatic carbocycles. The molecule has 1 aliphatic rings. The van der Waals surface area contributed by atoms with Crippen molar-refractivity contribution in [1.82, 2.24) is 0 Å². The second kappa shape index (κ2) is 5.08. The zero-order valence-corrected chi connectivity index (χ0v) is 12.0. The molecular weight excluding hydrogens is 276 g/mol. The summed E-state index contributed by atoms with van der Waals surface area (Å²) in [5.74, 6) is -1.48. The Morgan fingerprint density at radius 3 is 2.57 bits per heavy atom. The standard InChI is InChI=1S/C14H16N2O5/c1-14(2,3)21-13(20)16-7-11(17)15-9-5-4-8(12(18)19)6-10(9)16/h4-6H,7H2,1-3H3,(H,15,17)(H,18,19). The fourth-order valence-electron chi connectivity index (χ4n) is 1.89. The van der Waals surface area contributed by atoms with Crippen molar-refractivity contribution in [2.24, 2.45) is 0 Å². The Balaban J connectivity index is 2.40. The van der Waals surface area contributed by atoms with Gasteiger partial charge in [0.25, 0.3) is 0 Å². The Morgan fingerprint density at radius 2 is 2.00 bits per heavy atom. The average Bonchev–Trinajstić information content (AvgIpc) is 2.34. The van der Waals surface area contributed by atoms with Crippen LogP contribution in [0.1, 0.15) is 31.1 Å². The minimum atomic E-state index is -1.11. The van der Waals surface area contributed by atoms with E-state index in [0.29, 0.717) is 11.4 Å². The first-order chi connectivity index (χ1) is 9.67. The highest BCUT2D eigenvalue weighted by atomic mass is 16.6. The predicted molar refractivity (Wildman–Crippen MR) is 75.6 cm³/mol. The number of aromatic carboxylic acids is 1. The van der Waals surface area contributed by atoms with Gasteiger partial charge in [-0.1, -0.05) is 0 Å². The Bertz CT molecular complexity index is 618. The van der Waals surface area contributed by atoms with Gasteiger partial charge in [0, 0.05) is 0 Å². The Labute approximate surface area is 121 Å². The van der Waals surface area contributed by atoms with Crippen molar-refractivity contribution in [3.63, 3.8) is 0 Å². The van der Waals surface area contributed by atoms with Gasteiger partial charge in [-0.3, -0.25) is 9.69 Å². The molecule has 1 heterocycles. The van der Waals surface area contributed by atoms with Gasteiger partial charge in [0.2, 0.25) is 5.91 Å². The number of fused-ring (bicyclic) bond motifs is 1. The molecule has 1 aliphatic heterocycles. The molecule has 2 amide bonds. The van der Waals surface area contributed by atoms with E-state index in [1.165, 1.54) is 18.2 Å². The summed E-state index contributed by atoms with van der Waals surface area (Å²) in [5.41, 5.74) is -0.000390. The van der Waals surface area contributed by atoms with E-state index in [9.17, 15) is 14.4 Å². The smallest absolute Gasteiger partial charge is 0.415 e. The number of hydrogen-bond acceptors (Lipinski definition) is 4. The Morgan fingerprint density at radius 1 is 1.33 bits per heavy atom. The average molecular weight is 292 g/mol. The van der Waals surface area contributed by atoms with E-state index in [1.807, 2.05) is 0 Å². The summed E-state index contributed by atoms with van der Waals surface area (Å²) in [7, 11) is 0. The molecule has 0 aromatic heterocycles. The van der Waals surface area contributed by atoms with Crippen LogP contribution in [-0.2, 0) is 9.53 Å². The van der Waals surface area contributed by atoms with Gasteiger partial charge in [0.05, 0.1) is 16.9 Å². The number of nitrogens with one attached hydrogen (secondary N) is 1. The van der Waals surface area contributed by atoms with E-state index >= 15 is 0 Å². The van der Waals surface area contributed by atoms with Crippen LogP contribution in [0.4, 0.5) is 16.2 Å². The van der Waals surface area contributed by atoms with Crippen LogP contribution in [0.15, 0.2) is 18.2 Å². The first kappa shape index (κ1) is 14.8. The number of rotatable bonds is 1. The molecule has 7 nitrogen and oxygen atoms in total. The summed E-state index contributed by atoms with van der Waals surface area (Å²) in [4.78, 5) is 36.0. The molecule has 0 saturated carbocycles. The summed E-state index contributed by atoms with van der Waals surface area (Å²) in [5, 5.41) is 11.6. The molecule has 0 radical (unpaired) electrons. The number of carbonyl (C=O) groups excluding carboxylic acids is 2. The molecule has 0 spiro atoms. The van der Waals surface area contributed by atoms with Crippen molar-refractivity contribution in [2.45, 2.75) is 26.4 Å². The highest BCUT2D eigenvalue weighted by molar-refractivity contribution is 6.09. The second-order valence-electron chi connectivity index (χ2n) is 5.65. The van der Waals surface area contributed by atoms with Crippen molar-refractivity contribution in [3.8, 4) is 0 Å². The number of amides is 2. The van der Waals surface area contributed by atoms with Crippen LogP contribution in [0.2, 0.25) is 0 Å². The monoisotopic (exact) mass is 292 g/mol. The van der Waals surface area contributed by atoms with Gasteiger partial charge in [0.1, 0.15) is 12.1 Å². The van der Waals surface area contributed by atoms with Crippen LogP contribution in [-0.4, -0.2) is 35.2 Å². The molecule has 0 atom stereocenters. The third-order valence-electron chi connectivity index (χ3n) is 2.73. The molecule has 0 bridgehead atoms. The molecule has 0 unspecified atom stereocenters. The largest absolute Gasteiger partial charge is 0.478 e. The van der Waals surface area contributed by atoms with Gasteiger partial charge in [-0.2, -0.15) is 0 Å². The lowest BCUT2D eigenvalue weighted by Gasteiger charge is -2.31. The second-order valence-corrected chi connectivity index (χ2v) is 5.65. The molecule has 0 fully saturated rings. The van der Waals surface area contributed by atoms with Crippen molar-refractivity contribution in [1.29, 1.82) is 0 Å². The van der Waals surface area contributed by atoms with Crippen molar-refractivity contribution < 1.29 is 24.2 Å². The topological polar surface area (TPSA) is 95.9 Å². The quantitative estimate of drug-likeness (QED) is 0.826. The maximum Gasteiger partial charge on any atom is 0.415 e. The SMILES string of the molecule is CC(C)(C)OC(=O)N1CC(=O)Nc2ccc(C(=O)O)cc21. The van der Waals surface area contributed by atoms with Gasteiger partial charge >= 0.3 is 12.1 Å². The summed E-state index contributed by atoms with van der Waals surface area (Å²) in [6.45, 7) is 4.92. The summed E-state index contributed by atoms with van der Waals surface area (Å²) < 4.78 is 5.24. The number of nitrogens with zero attached hydrogens (tertiary/aromatic N) is 1. The zero-order valence-electron chi connectivity index (χ0n) is 12.0. The van der Waals surface area contributed by atoms with E-state index in [-0.39, 0.29) is 18.0 Å². The molecule has 1 aromatic carbocycles. The lowest BCUT2D eigenvalue weighted by atomic mass is 10.1. The van der Waals surface area contributed by atoms with Gasteiger partial charge in [-0.05, 0) is 39.0 Å². The first-order valence-electron chi connectivity index (χ1n) is 6.35. The number of carboxylic acids is 1. The number of benzene rings is 1. The number of hydrogen-bond donors (Lipinski definition) is 2. The number of carboxylic acid groups (broad SMARTS) is 1. The van der Waals surface area contributed by atoms with Crippen LogP contribution < -0.4 is 10.2 Å². The molecule has 7 heteroatoms. The van der Waals surface area contributed by atoms with Crippen molar-refractivity contribution >= 4 is 29.3 Å². The van der Waals surface area contributed by atoms with Gasteiger partial charge in [0.15, 0.2) is 0 Å². The van der Waals surface area contributed by atoms with Crippen LogP contribution in [0.25, 0.3) is 0 Å². The van der Waals surface area contributed by atoms with E-state index in [2.05, 4.69) is 5.32 Å². The number of anilines is 2. The van der Waals surface area contributed by atoms with E-state index in [4.69, 9.17) is 9.84 Å². The maximum absolute atomic E-state index is 12.2. The molecule has 2 rings (SSSR count). The van der Waals surface area contributed by atoms with Crippen LogP contribution in [0.5, 0.6) is 0 Å². The van der Waals surface area contributed by atoms with E-state index in [0.717, 1.165) is 4.90 Å². The first-order valence-corrected chi connectivity index (χ1v) is 6.35. The van der Waals surface area contributed by atoms with Crippen LogP contribution in [0.3, 0.4) is 0 Å². The molecule has 1 aromatic rings. The van der Waals surface area contributed by atoms with E-state index < -0.39 is 17.7 Å². The minimum absolute atomic E-state index is 0.0263. The van der Waals surface area contributed by atoms with Gasteiger partial charge < -0.3 is 15.2 Å². The fraction of sp³-hybridized carbons (Fsp3) is 0.357. The Kier molecular flexibility index (Phi) is 3.59. The number of ether oxygens (including phenoxy) is 1. The third-order valence-corrected chi connectivity index (χ3v) is 2.73. The normalized spacial score (nSPS) is 14.2. The summed E-state index contributed by atoms with van der Waals surface area (Å²) in [6, 6.07) is 4.15. The van der Waals surface area contributed by atoms with Gasteiger partial charge in [-0.25, -0.2) is 9.59 Å². The lowest BCUT2D eigenvalue weighted by Crippen LogP contribution is -2.44. The molecule has 0 saturated heterocycles. The summed E-state index contributed by atoms with van der Waals surface area (Å²) in [6.07, 6.45) is -0.693. The third kappa shape index (κ3) is 3.31. The number of carbonyl (C=O) groups is 3. The Hall–Kier alpha value is -2.57. The highest BCUT2D eigenvalue weighted by Gasteiger charge is 2.31. The van der Waals surface area contributed by atoms with Crippen LogP contribution >= 0.6 is 0 Å². The van der Waals surface area contributed by atoms with Gasteiger partial charge in [-0.15, -0.1) is 0 Å². The molecule has 112 valence electrons. The molecule has 21 heavy (non-hydrogen) atoms. The zero-order chi connectivity index (χ0) is 15.8. The lowest BCUT2D eigenvalue weighted by molar-refractivity contribution is -0.115. The maximum atomic E-state index is 12.2. The molecule has 2 N–H and O–H groups in total. The van der Waals surface area contributed by atoms with Crippen molar-refractivity contribution in [3.05, 3.63) is 23.8 Å². The van der Waals surface area contributed by atoms with Crippen molar-refractivity contribution in [2.75, 3.05) is 16.8 Å². The predicted octanol–water partition coefficient (Wildman–Crippen LogP) is 2.08.